The van der Waals surface area contributed by atoms with E-state index >= 15 is 0 Å². The van der Waals surface area contributed by atoms with Gasteiger partial charge < -0.3 is 14.0 Å². The van der Waals surface area contributed by atoms with Crippen molar-refractivity contribution in [1.29, 1.82) is 0 Å². The number of carbonyl (C=O) groups is 1. The molecule has 5 heteroatoms. The Morgan fingerprint density at radius 2 is 2.28 bits per heavy atom. The minimum atomic E-state index is -0.244. The van der Waals surface area contributed by atoms with E-state index in [0.717, 1.165) is 13.0 Å². The second-order valence-corrected chi connectivity index (χ2v) is 4.35. The zero-order chi connectivity index (χ0) is 13.0. The number of hydrogen-bond acceptors (Lipinski definition) is 3. The lowest BCUT2D eigenvalue weighted by Crippen LogP contribution is -2.42. The number of carbonyl (C=O) groups excluding carboxylic acids is 1. The van der Waals surface area contributed by atoms with E-state index in [1.54, 1.807) is 7.11 Å². The summed E-state index contributed by atoms with van der Waals surface area (Å²) >= 11 is 0. The van der Waals surface area contributed by atoms with Gasteiger partial charge in [0, 0.05) is 32.1 Å². The standard InChI is InChI=1S/C13H20N2O3/c1-3-11-12-5-4-6-14(12)7-8-15(11)13(16)18-10-9-17-2/h4-6,11H,3,7-10H2,1-2H3/t11-/m1/s1. The fraction of sp³-hybridized carbons (Fsp3) is 0.615. The molecule has 1 amide bonds. The van der Waals surface area contributed by atoms with Crippen LogP contribution in [0.15, 0.2) is 18.3 Å². The van der Waals surface area contributed by atoms with Gasteiger partial charge in [0.1, 0.15) is 6.61 Å². The lowest BCUT2D eigenvalue weighted by Gasteiger charge is -2.35. The Hall–Kier alpha value is -1.49. The predicted molar refractivity (Wildman–Crippen MR) is 67.4 cm³/mol. The largest absolute Gasteiger partial charge is 0.447 e. The Bertz CT molecular complexity index is 403. The third-order valence-electron chi connectivity index (χ3n) is 3.30. The molecule has 100 valence electrons. The first-order valence-corrected chi connectivity index (χ1v) is 6.35. The first-order chi connectivity index (χ1) is 8.77. The molecular weight excluding hydrogens is 232 g/mol. The number of hydrogen-bond donors (Lipinski definition) is 0. The molecule has 2 heterocycles. The molecule has 1 atom stereocenters. The van der Waals surface area contributed by atoms with Crippen LogP contribution < -0.4 is 0 Å². The van der Waals surface area contributed by atoms with E-state index < -0.39 is 0 Å². The average molecular weight is 252 g/mol. The van der Waals surface area contributed by atoms with Gasteiger partial charge in [-0.05, 0) is 18.6 Å². The summed E-state index contributed by atoms with van der Waals surface area (Å²) in [5.41, 5.74) is 1.19. The number of aromatic nitrogens is 1. The molecule has 0 aliphatic carbocycles. The van der Waals surface area contributed by atoms with Crippen molar-refractivity contribution >= 4 is 6.09 Å². The van der Waals surface area contributed by atoms with Gasteiger partial charge in [0.05, 0.1) is 12.6 Å². The average Bonchev–Trinajstić information content (AvgIpc) is 2.85. The van der Waals surface area contributed by atoms with Crippen molar-refractivity contribution in [2.75, 3.05) is 26.9 Å². The zero-order valence-electron chi connectivity index (χ0n) is 11.0. The molecule has 1 aliphatic heterocycles. The van der Waals surface area contributed by atoms with Crippen molar-refractivity contribution in [2.24, 2.45) is 0 Å². The molecule has 0 radical (unpaired) electrons. The molecule has 0 fully saturated rings. The Labute approximate surface area is 107 Å². The van der Waals surface area contributed by atoms with Gasteiger partial charge in [-0.3, -0.25) is 4.90 Å². The van der Waals surface area contributed by atoms with Gasteiger partial charge in [0.25, 0.3) is 0 Å². The highest BCUT2D eigenvalue weighted by molar-refractivity contribution is 5.68. The lowest BCUT2D eigenvalue weighted by atomic mass is 10.1. The van der Waals surface area contributed by atoms with Crippen LogP contribution >= 0.6 is 0 Å². The van der Waals surface area contributed by atoms with Crippen LogP contribution in [0, 0.1) is 0 Å². The molecule has 1 aromatic rings. The van der Waals surface area contributed by atoms with Gasteiger partial charge in [-0.2, -0.15) is 0 Å². The van der Waals surface area contributed by atoms with E-state index in [0.29, 0.717) is 19.8 Å². The van der Waals surface area contributed by atoms with Crippen molar-refractivity contribution < 1.29 is 14.3 Å². The van der Waals surface area contributed by atoms with Gasteiger partial charge in [-0.25, -0.2) is 4.79 Å². The van der Waals surface area contributed by atoms with Crippen LogP contribution in [-0.2, 0) is 16.0 Å². The summed E-state index contributed by atoms with van der Waals surface area (Å²) in [5.74, 6) is 0. The highest BCUT2D eigenvalue weighted by Crippen LogP contribution is 2.28. The highest BCUT2D eigenvalue weighted by atomic mass is 16.6. The van der Waals surface area contributed by atoms with Crippen molar-refractivity contribution in [3.05, 3.63) is 24.0 Å². The summed E-state index contributed by atoms with van der Waals surface area (Å²) in [6.07, 6.45) is 2.71. The number of amides is 1. The van der Waals surface area contributed by atoms with Crippen molar-refractivity contribution in [3.8, 4) is 0 Å². The van der Waals surface area contributed by atoms with Crippen LogP contribution in [0.5, 0.6) is 0 Å². The number of methoxy groups -OCH3 is 1. The predicted octanol–water partition coefficient (Wildman–Crippen LogP) is 2.04. The van der Waals surface area contributed by atoms with Crippen molar-refractivity contribution in [3.63, 3.8) is 0 Å². The maximum absolute atomic E-state index is 12.0. The third kappa shape index (κ3) is 2.51. The molecule has 1 aliphatic rings. The molecule has 18 heavy (non-hydrogen) atoms. The highest BCUT2D eigenvalue weighted by Gasteiger charge is 2.30. The van der Waals surface area contributed by atoms with Crippen LogP contribution in [0.2, 0.25) is 0 Å². The lowest BCUT2D eigenvalue weighted by molar-refractivity contribution is 0.0531. The molecule has 0 bridgehead atoms. The van der Waals surface area contributed by atoms with Gasteiger partial charge in [0.2, 0.25) is 0 Å². The summed E-state index contributed by atoms with van der Waals surface area (Å²) in [4.78, 5) is 13.8. The molecule has 0 saturated heterocycles. The second-order valence-electron chi connectivity index (χ2n) is 4.35. The molecule has 0 aromatic carbocycles. The zero-order valence-corrected chi connectivity index (χ0v) is 11.0. The Balaban J connectivity index is 2.03. The number of nitrogens with zero attached hydrogens (tertiary/aromatic N) is 2. The minimum Gasteiger partial charge on any atom is -0.447 e. The molecule has 5 nitrogen and oxygen atoms in total. The van der Waals surface area contributed by atoms with Crippen LogP contribution in [0.3, 0.4) is 0 Å². The topological polar surface area (TPSA) is 43.7 Å². The first-order valence-electron chi connectivity index (χ1n) is 6.35. The fourth-order valence-corrected chi connectivity index (χ4v) is 2.41. The second kappa shape index (κ2) is 5.91. The van der Waals surface area contributed by atoms with Crippen molar-refractivity contribution in [2.45, 2.75) is 25.9 Å². The van der Waals surface area contributed by atoms with E-state index in [9.17, 15) is 4.79 Å². The quantitative estimate of drug-likeness (QED) is 0.770. The smallest absolute Gasteiger partial charge is 0.410 e. The summed E-state index contributed by atoms with van der Waals surface area (Å²) < 4.78 is 12.3. The summed E-state index contributed by atoms with van der Waals surface area (Å²) in [7, 11) is 1.59. The Morgan fingerprint density at radius 1 is 1.44 bits per heavy atom. The van der Waals surface area contributed by atoms with Gasteiger partial charge >= 0.3 is 6.09 Å². The summed E-state index contributed by atoms with van der Waals surface area (Å²) in [5, 5.41) is 0. The molecule has 0 N–H and O–H groups in total. The Kier molecular flexibility index (Phi) is 4.25. The third-order valence-corrected chi connectivity index (χ3v) is 3.30. The maximum atomic E-state index is 12.0. The van der Waals surface area contributed by atoms with E-state index in [4.69, 9.17) is 9.47 Å². The monoisotopic (exact) mass is 252 g/mol. The summed E-state index contributed by atoms with van der Waals surface area (Å²) in [6, 6.07) is 4.21. The molecule has 0 saturated carbocycles. The fourth-order valence-electron chi connectivity index (χ4n) is 2.41. The van der Waals surface area contributed by atoms with E-state index in [-0.39, 0.29) is 12.1 Å². The van der Waals surface area contributed by atoms with Crippen LogP contribution in [0.25, 0.3) is 0 Å². The van der Waals surface area contributed by atoms with Crippen LogP contribution in [0.4, 0.5) is 4.79 Å². The first kappa shape index (κ1) is 13.0. The number of ether oxygens (including phenoxy) is 2. The molecular formula is C13H20N2O3. The number of rotatable bonds is 4. The Morgan fingerprint density at radius 3 is 3.00 bits per heavy atom. The van der Waals surface area contributed by atoms with Gasteiger partial charge in [-0.1, -0.05) is 6.92 Å². The molecule has 0 spiro atoms. The van der Waals surface area contributed by atoms with Gasteiger partial charge in [0.15, 0.2) is 0 Å². The molecule has 1 aromatic heterocycles. The van der Waals surface area contributed by atoms with E-state index in [2.05, 4.69) is 23.8 Å². The number of fused-ring (bicyclic) bond motifs is 1. The normalized spacial score (nSPS) is 18.6. The van der Waals surface area contributed by atoms with Gasteiger partial charge in [-0.15, -0.1) is 0 Å². The SMILES string of the molecule is CC[C@@H]1c2cccn2CCN1C(=O)OCCOC. The van der Waals surface area contributed by atoms with Crippen molar-refractivity contribution in [1.82, 2.24) is 9.47 Å². The van der Waals surface area contributed by atoms with Crippen LogP contribution in [0.1, 0.15) is 25.1 Å². The molecule has 0 unspecified atom stereocenters. The summed E-state index contributed by atoms with van der Waals surface area (Å²) in [6.45, 7) is 4.36. The molecule has 2 rings (SSSR count). The van der Waals surface area contributed by atoms with E-state index in [1.807, 2.05) is 11.0 Å². The maximum Gasteiger partial charge on any atom is 0.410 e. The minimum absolute atomic E-state index is 0.115. The van der Waals surface area contributed by atoms with E-state index in [1.165, 1.54) is 5.69 Å². The van der Waals surface area contributed by atoms with Crippen LogP contribution in [-0.4, -0.2) is 42.4 Å².